The molecule has 0 saturated carbocycles. The molecule has 2 aliphatic heterocycles. The van der Waals surface area contributed by atoms with Crippen LogP contribution in [0.1, 0.15) is 74.2 Å². The summed E-state index contributed by atoms with van der Waals surface area (Å²) in [5.74, 6) is -2.51. The second-order valence-corrected chi connectivity index (χ2v) is 19.8. The van der Waals surface area contributed by atoms with Crippen LogP contribution in [-0.4, -0.2) is 67.7 Å². The van der Waals surface area contributed by atoms with E-state index in [1.807, 2.05) is 152 Å². The van der Waals surface area contributed by atoms with Crippen molar-refractivity contribution in [3.63, 3.8) is 0 Å². The van der Waals surface area contributed by atoms with Gasteiger partial charge in [0.05, 0.1) is 0 Å². The van der Waals surface area contributed by atoms with Gasteiger partial charge in [0.15, 0.2) is 16.9 Å². The molecule has 1 unspecified atom stereocenters. The normalized spacial score (nSPS) is 16.4. The smallest absolute Gasteiger partial charge is 0.356 e. The summed E-state index contributed by atoms with van der Waals surface area (Å²) in [6.07, 6.45) is -0.761. The molecule has 2 aliphatic rings. The molecular formula is C52H49N5O7S3. The number of esters is 2. The van der Waals surface area contributed by atoms with E-state index in [2.05, 4.69) is 28.4 Å². The predicted octanol–water partition coefficient (Wildman–Crippen LogP) is 9.26. The molecule has 342 valence electrons. The van der Waals surface area contributed by atoms with Gasteiger partial charge in [0.1, 0.15) is 33.9 Å². The Balaban J connectivity index is 1.09. The molecule has 1 aromatic heterocycles. The number of fused-ring (bicyclic) bond motifs is 1. The van der Waals surface area contributed by atoms with Gasteiger partial charge in [-0.05, 0) is 62.4 Å². The summed E-state index contributed by atoms with van der Waals surface area (Å²) >= 11 is 7.21. The molecule has 8 rings (SSSR count). The number of carbonyl (C=O) groups excluding carboxylic acids is 4. The van der Waals surface area contributed by atoms with Crippen LogP contribution in [0.2, 0.25) is 0 Å². The van der Waals surface area contributed by atoms with Gasteiger partial charge in [0.25, 0.3) is 11.8 Å². The van der Waals surface area contributed by atoms with Gasteiger partial charge in [0, 0.05) is 16.0 Å². The first-order chi connectivity index (χ1) is 32.2. The van der Waals surface area contributed by atoms with Crippen molar-refractivity contribution in [2.24, 2.45) is 5.16 Å². The molecule has 1 fully saturated rings. The molecule has 0 spiro atoms. The fourth-order valence-corrected chi connectivity index (χ4v) is 10.1. The van der Waals surface area contributed by atoms with Crippen molar-refractivity contribution in [2.45, 2.75) is 68.9 Å². The number of hydrogen-bond acceptors (Lipinski definition) is 13. The molecule has 3 heterocycles. The van der Waals surface area contributed by atoms with Crippen LogP contribution in [0.3, 0.4) is 0 Å². The number of oxime groups is 1. The number of benzene rings is 5. The lowest BCUT2D eigenvalue weighted by Crippen LogP contribution is -2.71. The van der Waals surface area contributed by atoms with E-state index in [1.54, 1.807) is 26.2 Å². The zero-order valence-electron chi connectivity index (χ0n) is 37.4. The monoisotopic (exact) mass is 951 g/mol. The van der Waals surface area contributed by atoms with Gasteiger partial charge in [0.2, 0.25) is 5.60 Å². The Morgan fingerprint density at radius 3 is 1.75 bits per heavy atom. The van der Waals surface area contributed by atoms with E-state index in [1.165, 1.54) is 41.8 Å². The Hall–Kier alpha value is -6.68. The first-order valence-electron chi connectivity index (χ1n) is 21.5. The maximum atomic E-state index is 14.6. The molecule has 0 aliphatic carbocycles. The van der Waals surface area contributed by atoms with Crippen LogP contribution in [0.4, 0.5) is 5.13 Å². The zero-order valence-corrected chi connectivity index (χ0v) is 39.9. The Morgan fingerprint density at radius 1 is 0.761 bits per heavy atom. The number of thiol groups is 1. The van der Waals surface area contributed by atoms with Crippen LogP contribution in [0, 0.1) is 0 Å². The number of nitrogens with zero attached hydrogens (tertiary/aromatic N) is 3. The highest BCUT2D eigenvalue weighted by Gasteiger charge is 2.55. The molecule has 2 N–H and O–H groups in total. The van der Waals surface area contributed by atoms with E-state index in [-0.39, 0.29) is 22.9 Å². The SMILES string of the molecule is CC(C)(C)OC(=O)C(C)(C)O/N=C(\C(=O)NC1C(=O)N2C(C(=O)OC(c3ccccc3)c3ccccc3)=C(S)CS[C@@H]12)c1csc(NC(c2ccccc2)(c2ccccc2)c2ccccc2)n1. The lowest BCUT2D eigenvalue weighted by Gasteiger charge is -2.49. The van der Waals surface area contributed by atoms with Crippen LogP contribution in [-0.2, 0) is 39.0 Å². The van der Waals surface area contributed by atoms with E-state index in [9.17, 15) is 19.2 Å². The van der Waals surface area contributed by atoms with Crippen molar-refractivity contribution >= 4 is 70.3 Å². The predicted molar refractivity (Wildman–Crippen MR) is 264 cm³/mol. The Bertz CT molecular complexity index is 2660. The number of anilines is 1. The standard InChI is InChI=1S/C52H49N5O7S3/c1-50(2,3)63-48(61)51(4,5)64-56-40(38-31-67-49(53-38)55-52(35-25-15-8-16-26-35,36-27-17-9-18-28-36)37-29-19-10-20-30-37)44(58)54-41-45(59)57-42(39(65)32-66-46(41)57)47(60)62-43(33-21-11-6-12-22-33)34-23-13-7-14-24-34/h6-31,41,43,46,65H,32H2,1-5H3,(H,53,55)(H,54,58)/b56-40-/t41?,46-/m0/s1. The fourth-order valence-electron chi connectivity index (χ4n) is 7.73. The number of thioether (sulfide) groups is 1. The lowest BCUT2D eigenvalue weighted by molar-refractivity contribution is -0.179. The van der Waals surface area contributed by atoms with Gasteiger partial charge >= 0.3 is 11.9 Å². The van der Waals surface area contributed by atoms with Crippen molar-refractivity contribution < 1.29 is 33.5 Å². The van der Waals surface area contributed by atoms with Gasteiger partial charge in [-0.25, -0.2) is 14.6 Å². The van der Waals surface area contributed by atoms with Crippen molar-refractivity contribution in [1.82, 2.24) is 15.2 Å². The molecule has 12 nitrogen and oxygen atoms in total. The third-order valence-electron chi connectivity index (χ3n) is 11.0. The van der Waals surface area contributed by atoms with Crippen LogP contribution in [0.5, 0.6) is 0 Å². The topological polar surface area (TPSA) is 149 Å². The minimum absolute atomic E-state index is 0.00438. The summed E-state index contributed by atoms with van der Waals surface area (Å²) in [7, 11) is 0. The largest absolute Gasteiger partial charge is 0.457 e. The minimum atomic E-state index is -1.64. The maximum absolute atomic E-state index is 14.6. The molecule has 5 aromatic carbocycles. The summed E-state index contributed by atoms with van der Waals surface area (Å²) < 4.78 is 11.8. The average molecular weight is 952 g/mol. The van der Waals surface area contributed by atoms with E-state index in [0.717, 1.165) is 27.8 Å². The molecule has 1 saturated heterocycles. The molecule has 2 amide bonds. The van der Waals surface area contributed by atoms with Gasteiger partial charge in [-0.15, -0.1) is 35.7 Å². The van der Waals surface area contributed by atoms with Gasteiger partial charge in [-0.1, -0.05) is 157 Å². The summed E-state index contributed by atoms with van der Waals surface area (Å²) in [5.41, 5.74) is 0.737. The highest BCUT2D eigenvalue weighted by molar-refractivity contribution is 8.01. The first-order valence-corrected chi connectivity index (χ1v) is 23.9. The molecule has 15 heteroatoms. The molecule has 0 bridgehead atoms. The van der Waals surface area contributed by atoms with Crippen LogP contribution < -0.4 is 10.6 Å². The average Bonchev–Trinajstić information content (AvgIpc) is 3.80. The number of ether oxygens (including phenoxy) is 2. The van der Waals surface area contributed by atoms with Crippen molar-refractivity contribution in [2.75, 3.05) is 11.1 Å². The number of amides is 2. The third kappa shape index (κ3) is 10.0. The second-order valence-electron chi connectivity index (χ2n) is 17.3. The quantitative estimate of drug-likeness (QED) is 0.0227. The van der Waals surface area contributed by atoms with Crippen LogP contribution >= 0.6 is 35.7 Å². The molecule has 2 atom stereocenters. The summed E-state index contributed by atoms with van der Waals surface area (Å²) in [6, 6.07) is 47.5. The van der Waals surface area contributed by atoms with Crippen LogP contribution in [0.25, 0.3) is 0 Å². The second kappa shape index (κ2) is 19.7. The Morgan fingerprint density at radius 2 is 1.25 bits per heavy atom. The van der Waals surface area contributed by atoms with Crippen molar-refractivity contribution in [1.29, 1.82) is 0 Å². The summed E-state index contributed by atoms with van der Waals surface area (Å²) in [4.78, 5) is 68.6. The highest BCUT2D eigenvalue weighted by atomic mass is 32.2. The van der Waals surface area contributed by atoms with Crippen LogP contribution in [0.15, 0.2) is 173 Å². The summed E-state index contributed by atoms with van der Waals surface area (Å²) in [6.45, 7) is 8.17. The molecular weight excluding hydrogens is 903 g/mol. The van der Waals surface area contributed by atoms with Gasteiger partial charge in [-0.2, -0.15) is 0 Å². The number of nitrogens with one attached hydrogen (secondary N) is 2. The van der Waals surface area contributed by atoms with Gasteiger partial charge in [-0.3, -0.25) is 14.5 Å². The molecule has 6 aromatic rings. The van der Waals surface area contributed by atoms with E-state index >= 15 is 0 Å². The number of aromatic nitrogens is 1. The van der Waals surface area contributed by atoms with E-state index < -0.39 is 58.0 Å². The zero-order chi connectivity index (χ0) is 47.3. The van der Waals surface area contributed by atoms with Crippen molar-refractivity contribution in [3.8, 4) is 0 Å². The van der Waals surface area contributed by atoms with E-state index in [4.69, 9.17) is 19.3 Å². The Kier molecular flexibility index (Phi) is 13.7. The summed E-state index contributed by atoms with van der Waals surface area (Å²) in [5, 5.41) is 12.2. The minimum Gasteiger partial charge on any atom is -0.457 e. The molecule has 0 radical (unpaired) electrons. The number of rotatable bonds is 15. The lowest BCUT2D eigenvalue weighted by atomic mass is 9.77. The number of hydrogen-bond donors (Lipinski definition) is 3. The van der Waals surface area contributed by atoms with Gasteiger partial charge < -0.3 is 24.9 Å². The number of thiazole rings is 1. The first kappa shape index (κ1) is 46.8. The van der Waals surface area contributed by atoms with E-state index in [0.29, 0.717) is 10.0 Å². The molecule has 67 heavy (non-hydrogen) atoms. The maximum Gasteiger partial charge on any atom is 0.356 e. The number of carbonyl (C=O) groups is 4. The van der Waals surface area contributed by atoms with Crippen molar-refractivity contribution in [3.05, 3.63) is 201 Å². The highest BCUT2D eigenvalue weighted by Crippen LogP contribution is 2.43. The fraction of sp³-hybridized carbons (Fsp3) is 0.231. The number of β-lactam (4-membered cyclic amide) rings is 1. The Labute approximate surface area is 403 Å². The third-order valence-corrected chi connectivity index (χ3v) is 13.6.